The Morgan fingerprint density at radius 2 is 2.13 bits per heavy atom. The average Bonchev–Trinajstić information content (AvgIpc) is 2.17. The summed E-state index contributed by atoms with van der Waals surface area (Å²) in [6, 6.07) is 7.78. The Balaban J connectivity index is 2.97. The van der Waals surface area contributed by atoms with E-state index in [4.69, 9.17) is 0 Å². The van der Waals surface area contributed by atoms with E-state index < -0.39 is 5.60 Å². The number of carbonyl (C=O) groups excluding carboxylic acids is 1. The highest BCUT2D eigenvalue weighted by molar-refractivity contribution is 5.51. The first-order valence-electron chi connectivity index (χ1n) is 5.21. The van der Waals surface area contributed by atoms with E-state index in [2.05, 4.69) is 0 Å². The molecule has 1 N–H and O–H groups in total. The van der Waals surface area contributed by atoms with Crippen LogP contribution in [0.4, 0.5) is 0 Å². The van der Waals surface area contributed by atoms with E-state index in [0.29, 0.717) is 6.42 Å². The standard InChI is InChI=1S/C13H18O2/c1-10(7-8-14)11-5-4-6-12(9-11)13(2,3)15/h4-6,8-10,15H,7H2,1-3H3. The Labute approximate surface area is 90.9 Å². The van der Waals surface area contributed by atoms with Gasteiger partial charge in [0.05, 0.1) is 5.60 Å². The maximum Gasteiger partial charge on any atom is 0.120 e. The molecular weight excluding hydrogens is 188 g/mol. The van der Waals surface area contributed by atoms with Crippen LogP contribution in [0.25, 0.3) is 0 Å². The zero-order valence-electron chi connectivity index (χ0n) is 9.53. The van der Waals surface area contributed by atoms with Crippen LogP contribution in [0.5, 0.6) is 0 Å². The molecule has 0 bridgehead atoms. The van der Waals surface area contributed by atoms with Gasteiger partial charge in [-0.05, 0) is 30.9 Å². The van der Waals surface area contributed by atoms with Gasteiger partial charge in [0.2, 0.25) is 0 Å². The molecule has 0 spiro atoms. The van der Waals surface area contributed by atoms with Crippen molar-refractivity contribution in [3.8, 4) is 0 Å². The molecule has 0 aromatic heterocycles. The molecule has 0 heterocycles. The van der Waals surface area contributed by atoms with Crippen molar-refractivity contribution < 1.29 is 9.90 Å². The van der Waals surface area contributed by atoms with Gasteiger partial charge >= 0.3 is 0 Å². The van der Waals surface area contributed by atoms with Crippen molar-refractivity contribution in [1.29, 1.82) is 0 Å². The highest BCUT2D eigenvalue weighted by atomic mass is 16.3. The Morgan fingerprint density at radius 1 is 1.47 bits per heavy atom. The van der Waals surface area contributed by atoms with E-state index in [1.165, 1.54) is 0 Å². The molecule has 1 unspecified atom stereocenters. The Kier molecular flexibility index (Phi) is 3.64. The van der Waals surface area contributed by atoms with E-state index in [1.807, 2.05) is 31.2 Å². The fourth-order valence-electron chi connectivity index (χ4n) is 1.51. The second-order valence-electron chi connectivity index (χ2n) is 4.49. The lowest BCUT2D eigenvalue weighted by molar-refractivity contribution is -0.108. The predicted octanol–water partition coefficient (Wildman–Crippen LogP) is 2.61. The third kappa shape index (κ3) is 3.17. The normalized spacial score (nSPS) is 13.6. The summed E-state index contributed by atoms with van der Waals surface area (Å²) in [6.07, 6.45) is 1.46. The molecule has 1 atom stereocenters. The summed E-state index contributed by atoms with van der Waals surface area (Å²) >= 11 is 0. The van der Waals surface area contributed by atoms with Crippen LogP contribution < -0.4 is 0 Å². The molecule has 0 aliphatic carbocycles. The van der Waals surface area contributed by atoms with Crippen molar-refractivity contribution in [3.05, 3.63) is 35.4 Å². The number of aliphatic hydroxyl groups is 1. The minimum absolute atomic E-state index is 0.213. The molecule has 0 fully saturated rings. The fourth-order valence-corrected chi connectivity index (χ4v) is 1.51. The summed E-state index contributed by atoms with van der Waals surface area (Å²) in [5, 5.41) is 9.86. The Bertz CT molecular complexity index is 337. The fraction of sp³-hybridized carbons (Fsp3) is 0.462. The summed E-state index contributed by atoms with van der Waals surface area (Å²) in [6.45, 7) is 5.53. The first kappa shape index (κ1) is 11.9. The molecule has 0 radical (unpaired) electrons. The zero-order valence-corrected chi connectivity index (χ0v) is 9.53. The van der Waals surface area contributed by atoms with Gasteiger partial charge in [0.1, 0.15) is 6.29 Å². The van der Waals surface area contributed by atoms with Crippen LogP contribution >= 0.6 is 0 Å². The van der Waals surface area contributed by atoms with Crippen LogP contribution in [0.15, 0.2) is 24.3 Å². The molecule has 82 valence electrons. The largest absolute Gasteiger partial charge is 0.386 e. The topological polar surface area (TPSA) is 37.3 Å². The first-order valence-corrected chi connectivity index (χ1v) is 5.21. The van der Waals surface area contributed by atoms with Crippen LogP contribution in [0.1, 0.15) is 44.2 Å². The maximum absolute atomic E-state index is 10.4. The molecule has 0 aliphatic rings. The van der Waals surface area contributed by atoms with Crippen molar-refractivity contribution in [1.82, 2.24) is 0 Å². The monoisotopic (exact) mass is 206 g/mol. The van der Waals surface area contributed by atoms with Crippen molar-refractivity contribution >= 4 is 6.29 Å². The van der Waals surface area contributed by atoms with Gasteiger partial charge in [-0.1, -0.05) is 31.2 Å². The summed E-state index contributed by atoms with van der Waals surface area (Å²) in [4.78, 5) is 10.4. The minimum Gasteiger partial charge on any atom is -0.386 e. The van der Waals surface area contributed by atoms with E-state index in [0.717, 1.165) is 17.4 Å². The molecule has 0 saturated heterocycles. The van der Waals surface area contributed by atoms with Gasteiger partial charge in [0.25, 0.3) is 0 Å². The smallest absolute Gasteiger partial charge is 0.120 e. The summed E-state index contributed by atoms with van der Waals surface area (Å²) < 4.78 is 0. The van der Waals surface area contributed by atoms with Crippen LogP contribution in [0.3, 0.4) is 0 Å². The molecule has 1 rings (SSSR count). The van der Waals surface area contributed by atoms with Gasteiger partial charge in [-0.15, -0.1) is 0 Å². The lowest BCUT2D eigenvalue weighted by Gasteiger charge is -2.19. The van der Waals surface area contributed by atoms with Gasteiger partial charge in [-0.3, -0.25) is 0 Å². The zero-order chi connectivity index (χ0) is 11.5. The highest BCUT2D eigenvalue weighted by Crippen LogP contribution is 2.24. The van der Waals surface area contributed by atoms with Crippen molar-refractivity contribution in [2.75, 3.05) is 0 Å². The summed E-state index contributed by atoms with van der Waals surface area (Å²) in [5.74, 6) is 0.213. The molecule has 0 aliphatic heterocycles. The average molecular weight is 206 g/mol. The number of aldehydes is 1. The molecule has 2 nitrogen and oxygen atoms in total. The van der Waals surface area contributed by atoms with Gasteiger partial charge < -0.3 is 9.90 Å². The van der Waals surface area contributed by atoms with Gasteiger partial charge in [0, 0.05) is 6.42 Å². The minimum atomic E-state index is -0.823. The van der Waals surface area contributed by atoms with Crippen LogP contribution in [-0.2, 0) is 10.4 Å². The first-order chi connectivity index (χ1) is 6.95. The Morgan fingerprint density at radius 3 is 2.67 bits per heavy atom. The third-order valence-corrected chi connectivity index (χ3v) is 2.61. The number of benzene rings is 1. The van der Waals surface area contributed by atoms with E-state index in [1.54, 1.807) is 13.8 Å². The number of hydrogen-bond acceptors (Lipinski definition) is 2. The lowest BCUT2D eigenvalue weighted by atomic mass is 9.91. The molecule has 2 heteroatoms. The number of rotatable bonds is 4. The van der Waals surface area contributed by atoms with Crippen LogP contribution in [-0.4, -0.2) is 11.4 Å². The SMILES string of the molecule is CC(CC=O)c1cccc(C(C)(C)O)c1. The molecule has 1 aromatic carbocycles. The molecule has 0 saturated carbocycles. The van der Waals surface area contributed by atoms with Crippen molar-refractivity contribution in [2.45, 2.75) is 38.7 Å². The molecular formula is C13H18O2. The Hall–Kier alpha value is -1.15. The second-order valence-corrected chi connectivity index (χ2v) is 4.49. The van der Waals surface area contributed by atoms with Crippen molar-refractivity contribution in [3.63, 3.8) is 0 Å². The van der Waals surface area contributed by atoms with Gasteiger partial charge in [0.15, 0.2) is 0 Å². The van der Waals surface area contributed by atoms with Gasteiger partial charge in [-0.25, -0.2) is 0 Å². The lowest BCUT2D eigenvalue weighted by Crippen LogP contribution is -2.15. The molecule has 15 heavy (non-hydrogen) atoms. The van der Waals surface area contributed by atoms with E-state index >= 15 is 0 Å². The van der Waals surface area contributed by atoms with E-state index in [-0.39, 0.29) is 5.92 Å². The van der Waals surface area contributed by atoms with E-state index in [9.17, 15) is 9.90 Å². The number of carbonyl (C=O) groups is 1. The third-order valence-electron chi connectivity index (χ3n) is 2.61. The summed E-state index contributed by atoms with van der Waals surface area (Å²) in [5.41, 5.74) is 1.16. The van der Waals surface area contributed by atoms with Crippen LogP contribution in [0, 0.1) is 0 Å². The molecule has 1 aromatic rings. The highest BCUT2D eigenvalue weighted by Gasteiger charge is 2.16. The molecule has 0 amide bonds. The summed E-state index contributed by atoms with van der Waals surface area (Å²) in [7, 11) is 0. The quantitative estimate of drug-likeness (QED) is 0.769. The number of hydrogen-bond donors (Lipinski definition) is 1. The second kappa shape index (κ2) is 4.58. The van der Waals surface area contributed by atoms with Crippen LogP contribution in [0.2, 0.25) is 0 Å². The maximum atomic E-state index is 10.4. The predicted molar refractivity (Wildman–Crippen MR) is 60.8 cm³/mol. The van der Waals surface area contributed by atoms with Crippen molar-refractivity contribution in [2.24, 2.45) is 0 Å². The van der Waals surface area contributed by atoms with Gasteiger partial charge in [-0.2, -0.15) is 0 Å².